The van der Waals surface area contributed by atoms with E-state index in [1.54, 1.807) is 13.8 Å². The highest BCUT2D eigenvalue weighted by Crippen LogP contribution is 2.03. The zero-order valence-electron chi connectivity index (χ0n) is 7.53. The third-order valence-corrected chi connectivity index (χ3v) is 3.99. The Labute approximate surface area is 73.7 Å². The number of sulfone groups is 1. The molecule has 0 aromatic rings. The molecule has 0 heterocycles. The Hall–Kier alpha value is -0.130. The second-order valence-corrected chi connectivity index (χ2v) is 5.75. The van der Waals surface area contributed by atoms with Crippen molar-refractivity contribution in [1.82, 2.24) is 0 Å². The van der Waals surface area contributed by atoms with Gasteiger partial charge in [0, 0.05) is 12.6 Å². The monoisotopic (exact) mass is 195 g/mol. The predicted molar refractivity (Wildman–Crippen MR) is 48.6 cm³/mol. The first-order chi connectivity index (χ1) is 5.40. The van der Waals surface area contributed by atoms with Gasteiger partial charge in [-0.2, -0.15) is 0 Å². The third-order valence-electron chi connectivity index (χ3n) is 1.66. The lowest BCUT2D eigenvalue weighted by Crippen LogP contribution is -2.33. The van der Waals surface area contributed by atoms with Gasteiger partial charge in [0.2, 0.25) is 0 Å². The summed E-state index contributed by atoms with van der Waals surface area (Å²) in [7, 11) is -3.06. The minimum Gasteiger partial charge on any atom is -0.396 e. The maximum atomic E-state index is 11.3. The Morgan fingerprint density at radius 2 is 1.92 bits per heavy atom. The van der Waals surface area contributed by atoms with Crippen molar-refractivity contribution in [2.75, 3.05) is 12.4 Å². The highest BCUT2D eigenvalue weighted by Gasteiger charge is 2.19. The molecule has 0 rings (SSSR count). The molecule has 74 valence electrons. The number of hydrogen-bond acceptors (Lipinski definition) is 4. The third kappa shape index (κ3) is 4.04. The molecule has 0 spiro atoms. The van der Waals surface area contributed by atoms with Gasteiger partial charge >= 0.3 is 0 Å². The van der Waals surface area contributed by atoms with Crippen molar-refractivity contribution in [3.63, 3.8) is 0 Å². The summed E-state index contributed by atoms with van der Waals surface area (Å²) in [6, 6.07) is -0.442. The van der Waals surface area contributed by atoms with Gasteiger partial charge < -0.3 is 10.8 Å². The van der Waals surface area contributed by atoms with Crippen molar-refractivity contribution in [2.24, 2.45) is 5.73 Å². The van der Waals surface area contributed by atoms with Gasteiger partial charge in [0.05, 0.1) is 11.0 Å². The van der Waals surface area contributed by atoms with Gasteiger partial charge in [0.1, 0.15) is 0 Å². The van der Waals surface area contributed by atoms with E-state index in [0.29, 0.717) is 6.42 Å². The van der Waals surface area contributed by atoms with Crippen molar-refractivity contribution in [3.8, 4) is 0 Å². The van der Waals surface area contributed by atoms with Gasteiger partial charge in [-0.15, -0.1) is 0 Å². The highest BCUT2D eigenvalue weighted by atomic mass is 32.2. The maximum Gasteiger partial charge on any atom is 0.154 e. The molecule has 0 aromatic carbocycles. The van der Waals surface area contributed by atoms with Crippen molar-refractivity contribution < 1.29 is 13.5 Å². The van der Waals surface area contributed by atoms with Gasteiger partial charge in [-0.05, 0) is 20.3 Å². The molecule has 1 atom stereocenters. The molecule has 0 aromatic heterocycles. The van der Waals surface area contributed by atoms with E-state index >= 15 is 0 Å². The Morgan fingerprint density at radius 1 is 1.42 bits per heavy atom. The normalized spacial score (nSPS) is 15.1. The van der Waals surface area contributed by atoms with Crippen LogP contribution in [0.1, 0.15) is 20.3 Å². The predicted octanol–water partition coefficient (Wildman–Crippen LogP) is -0.481. The second-order valence-electron chi connectivity index (χ2n) is 3.15. The Kier molecular flexibility index (Phi) is 4.74. The molecule has 1 unspecified atom stereocenters. The number of nitrogens with two attached hydrogens (primary N) is 1. The average Bonchev–Trinajstić information content (AvgIpc) is 1.85. The minimum atomic E-state index is -3.06. The van der Waals surface area contributed by atoms with E-state index in [9.17, 15) is 8.42 Å². The molecule has 5 heteroatoms. The molecule has 0 saturated carbocycles. The summed E-state index contributed by atoms with van der Waals surface area (Å²) in [5.74, 6) is -0.0365. The Balaban J connectivity index is 4.07. The largest absolute Gasteiger partial charge is 0.396 e. The van der Waals surface area contributed by atoms with Crippen LogP contribution in [0.25, 0.3) is 0 Å². The maximum absolute atomic E-state index is 11.3. The smallest absolute Gasteiger partial charge is 0.154 e. The molecule has 0 aliphatic carbocycles. The summed E-state index contributed by atoms with van der Waals surface area (Å²) in [5, 5.41) is 8.11. The molecular formula is C7H17NO3S. The summed E-state index contributed by atoms with van der Waals surface area (Å²) < 4.78 is 22.5. The van der Waals surface area contributed by atoms with Gasteiger partial charge in [-0.25, -0.2) is 8.42 Å². The molecule has 0 aliphatic heterocycles. The molecule has 4 nitrogen and oxygen atoms in total. The standard InChI is InChI=1S/C7H17NO3S/c1-6(2)12(10,11)5-7(8)3-4-9/h6-7,9H,3-5,8H2,1-2H3. The van der Waals surface area contributed by atoms with Crippen molar-refractivity contribution in [3.05, 3.63) is 0 Å². The van der Waals surface area contributed by atoms with E-state index in [4.69, 9.17) is 10.8 Å². The molecule has 0 bridgehead atoms. The summed E-state index contributed by atoms with van der Waals surface area (Å²) in [4.78, 5) is 0. The van der Waals surface area contributed by atoms with E-state index in [1.165, 1.54) is 0 Å². The lowest BCUT2D eigenvalue weighted by atomic mass is 10.3. The Bertz CT molecular complexity index is 211. The summed E-state index contributed by atoms with van der Waals surface area (Å²) in [6.07, 6.45) is 0.339. The first kappa shape index (κ1) is 11.9. The van der Waals surface area contributed by atoms with Gasteiger partial charge in [-0.3, -0.25) is 0 Å². The van der Waals surface area contributed by atoms with Crippen molar-refractivity contribution >= 4 is 9.84 Å². The summed E-state index contributed by atoms with van der Waals surface area (Å²) in [6.45, 7) is 3.19. The van der Waals surface area contributed by atoms with Crippen LogP contribution in [0, 0.1) is 0 Å². The van der Waals surface area contributed by atoms with Crippen LogP contribution in [-0.2, 0) is 9.84 Å². The molecule has 0 saturated heterocycles. The molecular weight excluding hydrogens is 178 g/mol. The van der Waals surface area contributed by atoms with Crippen molar-refractivity contribution in [2.45, 2.75) is 31.6 Å². The fourth-order valence-corrected chi connectivity index (χ4v) is 1.89. The highest BCUT2D eigenvalue weighted by molar-refractivity contribution is 7.92. The van der Waals surface area contributed by atoms with Crippen LogP contribution in [0.4, 0.5) is 0 Å². The number of rotatable bonds is 5. The lowest BCUT2D eigenvalue weighted by molar-refractivity contribution is 0.279. The van der Waals surface area contributed by atoms with E-state index in [0.717, 1.165) is 0 Å². The van der Waals surface area contributed by atoms with E-state index in [2.05, 4.69) is 0 Å². The first-order valence-electron chi connectivity index (χ1n) is 3.98. The number of hydrogen-bond donors (Lipinski definition) is 2. The van der Waals surface area contributed by atoms with Crippen LogP contribution in [-0.4, -0.2) is 37.2 Å². The molecule has 12 heavy (non-hydrogen) atoms. The van der Waals surface area contributed by atoms with Crippen LogP contribution >= 0.6 is 0 Å². The van der Waals surface area contributed by atoms with Gasteiger partial charge in [0.15, 0.2) is 9.84 Å². The first-order valence-corrected chi connectivity index (χ1v) is 5.69. The molecule has 0 amide bonds. The lowest BCUT2D eigenvalue weighted by Gasteiger charge is -2.12. The number of aliphatic hydroxyl groups excluding tert-OH is 1. The van der Waals surface area contributed by atoms with Crippen LogP contribution < -0.4 is 5.73 Å². The fourth-order valence-electron chi connectivity index (χ4n) is 0.740. The van der Waals surface area contributed by atoms with E-state index < -0.39 is 15.9 Å². The molecule has 0 radical (unpaired) electrons. The van der Waals surface area contributed by atoms with Crippen LogP contribution in [0.15, 0.2) is 0 Å². The topological polar surface area (TPSA) is 80.4 Å². The van der Waals surface area contributed by atoms with Gasteiger partial charge in [0.25, 0.3) is 0 Å². The van der Waals surface area contributed by atoms with Crippen LogP contribution in [0.5, 0.6) is 0 Å². The Morgan fingerprint density at radius 3 is 2.25 bits per heavy atom. The molecule has 0 fully saturated rings. The van der Waals surface area contributed by atoms with E-state index in [1.807, 2.05) is 0 Å². The minimum absolute atomic E-state index is 0.0365. The molecule has 0 aliphatic rings. The molecule has 3 N–H and O–H groups in total. The summed E-state index contributed by atoms with van der Waals surface area (Å²) in [5.41, 5.74) is 5.47. The van der Waals surface area contributed by atoms with Gasteiger partial charge in [-0.1, -0.05) is 0 Å². The zero-order chi connectivity index (χ0) is 9.78. The quantitative estimate of drug-likeness (QED) is 0.621. The SMILES string of the molecule is CC(C)S(=O)(=O)CC(N)CCO. The van der Waals surface area contributed by atoms with Crippen molar-refractivity contribution in [1.29, 1.82) is 0 Å². The second kappa shape index (κ2) is 4.79. The van der Waals surface area contributed by atoms with Crippen LogP contribution in [0.3, 0.4) is 0 Å². The zero-order valence-corrected chi connectivity index (χ0v) is 8.34. The fraction of sp³-hybridized carbons (Fsp3) is 1.00. The number of aliphatic hydroxyl groups is 1. The summed E-state index contributed by atoms with van der Waals surface area (Å²) >= 11 is 0. The average molecular weight is 195 g/mol. The van der Waals surface area contributed by atoms with Crippen LogP contribution in [0.2, 0.25) is 0 Å². The van der Waals surface area contributed by atoms with E-state index in [-0.39, 0.29) is 17.6 Å².